The zero-order valence-corrected chi connectivity index (χ0v) is 30.4. The molecule has 46 heavy (non-hydrogen) atoms. The molecule has 1 fully saturated rings. The Hall–Kier alpha value is -4.03. The van der Waals surface area contributed by atoms with Crippen LogP contribution in [0.2, 0.25) is 39.3 Å². The maximum atomic E-state index is 13.4. The van der Waals surface area contributed by atoms with Gasteiger partial charge in [-0.05, 0) is 43.7 Å². The molecule has 1 atom stereocenters. The molecule has 0 bridgehead atoms. The van der Waals surface area contributed by atoms with Crippen LogP contribution in [0.4, 0.5) is 0 Å². The minimum Gasteiger partial charge on any atom is -0.493 e. The third-order valence-electron chi connectivity index (χ3n) is 8.06. The molecule has 0 saturated heterocycles. The van der Waals surface area contributed by atoms with Gasteiger partial charge in [0, 0.05) is 24.3 Å². The molecule has 1 aromatic heterocycles. The SMILES string of the molecule is COc1ccnc(C(=O)N[C@@H](C)C(=O)OC(C)=C(c2ccc([Si](C)(C)C)cc2)c2ccc([Si](C)(C)C)cc2)c1OC(=O)CC1CC1. The van der Waals surface area contributed by atoms with E-state index >= 15 is 0 Å². The number of allylic oxidation sites excluding steroid dienone is 1. The highest BCUT2D eigenvalue weighted by atomic mass is 28.3. The van der Waals surface area contributed by atoms with Crippen molar-refractivity contribution in [3.05, 3.63) is 83.4 Å². The van der Waals surface area contributed by atoms with Gasteiger partial charge in [0.15, 0.2) is 11.4 Å². The number of nitrogens with zero attached hydrogens (tertiary/aromatic N) is 1. The Labute approximate surface area is 274 Å². The number of carbonyl (C=O) groups excluding carboxylic acids is 3. The highest BCUT2D eigenvalue weighted by molar-refractivity contribution is 6.89. The number of nitrogens with one attached hydrogen (secondary N) is 1. The van der Waals surface area contributed by atoms with E-state index in [1.807, 2.05) is 0 Å². The van der Waals surface area contributed by atoms with Gasteiger partial charge >= 0.3 is 11.9 Å². The second-order valence-corrected chi connectivity index (χ2v) is 24.2. The summed E-state index contributed by atoms with van der Waals surface area (Å²) in [5.41, 5.74) is 2.52. The number of pyridine rings is 1. The highest BCUT2D eigenvalue weighted by Crippen LogP contribution is 2.35. The summed E-state index contributed by atoms with van der Waals surface area (Å²) in [6, 6.07) is 17.4. The minimum atomic E-state index is -1.51. The van der Waals surface area contributed by atoms with Gasteiger partial charge in [-0.1, -0.05) is 98.2 Å². The number of amides is 1. The zero-order valence-electron chi connectivity index (χ0n) is 28.4. The van der Waals surface area contributed by atoms with Gasteiger partial charge in [-0.2, -0.15) is 0 Å². The number of ether oxygens (including phenoxy) is 3. The monoisotopic (exact) mass is 658 g/mol. The molecule has 0 radical (unpaired) electrons. The fourth-order valence-electron chi connectivity index (χ4n) is 5.03. The maximum absolute atomic E-state index is 13.4. The van der Waals surface area contributed by atoms with Gasteiger partial charge in [0.05, 0.1) is 23.3 Å². The largest absolute Gasteiger partial charge is 0.493 e. The van der Waals surface area contributed by atoms with E-state index in [1.165, 1.54) is 36.7 Å². The minimum absolute atomic E-state index is 0.0735. The van der Waals surface area contributed by atoms with E-state index in [1.54, 1.807) is 6.92 Å². The average Bonchev–Trinajstić information content (AvgIpc) is 3.80. The smallest absolute Gasteiger partial charge is 0.333 e. The first-order valence-electron chi connectivity index (χ1n) is 15.8. The summed E-state index contributed by atoms with van der Waals surface area (Å²) >= 11 is 0. The number of hydrogen-bond acceptors (Lipinski definition) is 7. The molecular formula is C36H46N2O6Si2. The van der Waals surface area contributed by atoms with Crippen molar-refractivity contribution < 1.29 is 28.6 Å². The molecule has 1 N–H and O–H groups in total. The number of aromatic nitrogens is 1. The molecule has 8 nitrogen and oxygen atoms in total. The Morgan fingerprint density at radius 1 is 0.870 bits per heavy atom. The van der Waals surface area contributed by atoms with E-state index in [0.717, 1.165) is 29.5 Å². The van der Waals surface area contributed by atoms with E-state index in [0.29, 0.717) is 11.7 Å². The number of rotatable bonds is 12. The molecule has 1 amide bonds. The van der Waals surface area contributed by atoms with Crippen molar-refractivity contribution in [2.24, 2.45) is 5.92 Å². The van der Waals surface area contributed by atoms with Crippen LogP contribution in [0, 0.1) is 5.92 Å². The molecular weight excluding hydrogens is 613 g/mol. The average molecular weight is 659 g/mol. The lowest BCUT2D eigenvalue weighted by Gasteiger charge is -2.21. The zero-order chi connectivity index (χ0) is 33.8. The summed E-state index contributed by atoms with van der Waals surface area (Å²) in [7, 11) is -1.61. The Kier molecular flexibility index (Phi) is 10.7. The number of hydrogen-bond donors (Lipinski definition) is 1. The van der Waals surface area contributed by atoms with Crippen LogP contribution >= 0.6 is 0 Å². The Morgan fingerprint density at radius 3 is 1.85 bits per heavy atom. The van der Waals surface area contributed by atoms with Crippen LogP contribution in [0.15, 0.2) is 66.6 Å². The van der Waals surface area contributed by atoms with E-state index in [-0.39, 0.29) is 23.6 Å². The van der Waals surface area contributed by atoms with Gasteiger partial charge in [0.25, 0.3) is 5.91 Å². The van der Waals surface area contributed by atoms with Crippen molar-refractivity contribution in [1.29, 1.82) is 0 Å². The summed E-state index contributed by atoms with van der Waals surface area (Å²) in [5.74, 6) is -0.945. The predicted molar refractivity (Wildman–Crippen MR) is 187 cm³/mol. The molecule has 1 heterocycles. The van der Waals surface area contributed by atoms with Crippen molar-refractivity contribution in [3.8, 4) is 11.5 Å². The molecule has 1 saturated carbocycles. The van der Waals surface area contributed by atoms with Crippen LogP contribution in [-0.4, -0.2) is 52.1 Å². The Morgan fingerprint density at radius 2 is 1.39 bits per heavy atom. The highest BCUT2D eigenvalue weighted by Gasteiger charge is 2.29. The molecule has 10 heteroatoms. The summed E-state index contributed by atoms with van der Waals surface area (Å²) in [4.78, 5) is 43.3. The standard InChI is InChI=1S/C36H46N2O6Si2/c1-23(38-35(40)33-34(30(42-3)20-21-37-33)44-31(39)22-25-10-11-25)36(41)43-24(2)32(26-12-16-28(17-13-26)45(4,5)6)27-14-18-29(19-15-27)46(7,8)9/h12-21,23,25H,10-11,22H2,1-9H3,(H,38,40)/t23-/m0/s1. The van der Waals surface area contributed by atoms with Crippen molar-refractivity contribution in [3.63, 3.8) is 0 Å². The first-order valence-corrected chi connectivity index (χ1v) is 22.8. The molecule has 0 spiro atoms. The van der Waals surface area contributed by atoms with Gasteiger partial charge in [0.2, 0.25) is 5.75 Å². The first kappa shape index (κ1) is 34.8. The van der Waals surface area contributed by atoms with E-state index in [9.17, 15) is 14.4 Å². The quantitative estimate of drug-likeness (QED) is 0.144. The summed E-state index contributed by atoms with van der Waals surface area (Å²) in [6.45, 7) is 17.1. The van der Waals surface area contributed by atoms with Crippen LogP contribution in [0.5, 0.6) is 11.5 Å². The van der Waals surface area contributed by atoms with Gasteiger partial charge in [-0.3, -0.25) is 9.59 Å². The molecule has 1 aliphatic rings. The second-order valence-electron chi connectivity index (χ2n) is 14.0. The third kappa shape index (κ3) is 8.82. The van der Waals surface area contributed by atoms with E-state index in [4.69, 9.17) is 14.2 Å². The van der Waals surface area contributed by atoms with Crippen molar-refractivity contribution in [2.75, 3.05) is 7.11 Å². The molecule has 2 aromatic carbocycles. The Balaban J connectivity index is 1.59. The van der Waals surface area contributed by atoms with Gasteiger partial charge < -0.3 is 19.5 Å². The molecule has 244 valence electrons. The van der Waals surface area contributed by atoms with Crippen molar-refractivity contribution in [1.82, 2.24) is 10.3 Å². The van der Waals surface area contributed by atoms with Crippen molar-refractivity contribution in [2.45, 2.75) is 78.4 Å². The topological polar surface area (TPSA) is 104 Å². The fourth-order valence-corrected chi connectivity index (χ4v) is 7.36. The van der Waals surface area contributed by atoms with Crippen LogP contribution in [0.25, 0.3) is 5.57 Å². The van der Waals surface area contributed by atoms with E-state index < -0.39 is 40.0 Å². The lowest BCUT2D eigenvalue weighted by molar-refractivity contribution is -0.141. The number of methoxy groups -OCH3 is 1. The molecule has 0 unspecified atom stereocenters. The maximum Gasteiger partial charge on any atom is 0.333 e. The number of benzene rings is 2. The first-order chi connectivity index (χ1) is 21.6. The van der Waals surface area contributed by atoms with Crippen LogP contribution in [0.1, 0.15) is 54.7 Å². The summed E-state index contributed by atoms with van der Waals surface area (Å²) < 4.78 is 16.8. The molecule has 0 aliphatic heterocycles. The van der Waals surface area contributed by atoms with Gasteiger partial charge in [-0.15, -0.1) is 0 Å². The molecule has 3 aromatic rings. The van der Waals surface area contributed by atoms with Crippen LogP contribution < -0.4 is 25.2 Å². The molecule has 1 aliphatic carbocycles. The van der Waals surface area contributed by atoms with Gasteiger partial charge in [0.1, 0.15) is 11.8 Å². The summed E-state index contributed by atoms with van der Waals surface area (Å²) in [6.07, 6.45) is 3.61. The summed E-state index contributed by atoms with van der Waals surface area (Å²) in [5, 5.41) is 5.32. The Bertz CT molecular complexity index is 1560. The normalized spacial score (nSPS) is 13.8. The predicted octanol–water partition coefficient (Wildman–Crippen LogP) is 6.03. The number of esters is 2. The molecule has 4 rings (SSSR count). The lowest BCUT2D eigenvalue weighted by Crippen LogP contribution is -2.40. The van der Waals surface area contributed by atoms with Crippen molar-refractivity contribution >= 4 is 49.9 Å². The van der Waals surface area contributed by atoms with Crippen LogP contribution in [-0.2, 0) is 14.3 Å². The van der Waals surface area contributed by atoms with Gasteiger partial charge in [-0.25, -0.2) is 9.78 Å². The lowest BCUT2D eigenvalue weighted by atomic mass is 9.97. The number of carbonyl (C=O) groups is 3. The third-order valence-corrected chi connectivity index (χ3v) is 12.2. The van der Waals surface area contributed by atoms with E-state index in [2.05, 4.69) is 98.1 Å². The fraction of sp³-hybridized carbons (Fsp3) is 0.389. The second kappa shape index (κ2) is 14.2. The van der Waals surface area contributed by atoms with Crippen LogP contribution in [0.3, 0.4) is 0 Å².